The lowest BCUT2D eigenvalue weighted by Gasteiger charge is -2.09. The van der Waals surface area contributed by atoms with E-state index in [9.17, 15) is 9.59 Å². The van der Waals surface area contributed by atoms with Crippen LogP contribution in [-0.2, 0) is 16.1 Å². The number of nitrogens with one attached hydrogen (secondary N) is 2. The molecule has 0 unspecified atom stereocenters. The maximum absolute atomic E-state index is 11.4. The lowest BCUT2D eigenvalue weighted by atomic mass is 10.4. The van der Waals surface area contributed by atoms with Crippen molar-refractivity contribution in [2.75, 3.05) is 12.3 Å². The van der Waals surface area contributed by atoms with E-state index < -0.39 is 0 Å². The average Bonchev–Trinajstić information content (AvgIpc) is 2.60. The number of hydrogen-bond donors (Lipinski definition) is 3. The lowest BCUT2D eigenvalue weighted by Crippen LogP contribution is -2.40. The van der Waals surface area contributed by atoms with E-state index in [0.29, 0.717) is 5.82 Å². The first-order chi connectivity index (χ1) is 7.97. The van der Waals surface area contributed by atoms with E-state index in [-0.39, 0.29) is 30.9 Å². The van der Waals surface area contributed by atoms with E-state index in [1.165, 1.54) is 4.68 Å². The maximum atomic E-state index is 11.4. The Labute approximate surface area is 99.4 Å². The van der Waals surface area contributed by atoms with Crippen LogP contribution in [-0.4, -0.2) is 34.2 Å². The van der Waals surface area contributed by atoms with Crippen LogP contribution < -0.4 is 16.4 Å². The summed E-state index contributed by atoms with van der Waals surface area (Å²) in [6, 6.07) is 1.66. The SMILES string of the molecule is CC(C)NC(=O)CNC(=O)Cn1ccc(N)n1. The second-order valence-corrected chi connectivity index (χ2v) is 3.94. The van der Waals surface area contributed by atoms with Crippen LogP contribution in [0.4, 0.5) is 5.82 Å². The minimum absolute atomic E-state index is 0.0340. The molecular weight excluding hydrogens is 222 g/mol. The van der Waals surface area contributed by atoms with Crippen molar-refractivity contribution in [1.29, 1.82) is 0 Å². The van der Waals surface area contributed by atoms with Crippen molar-refractivity contribution in [1.82, 2.24) is 20.4 Å². The number of carbonyl (C=O) groups excluding carboxylic acids is 2. The summed E-state index contributed by atoms with van der Waals surface area (Å²) in [5.41, 5.74) is 5.40. The van der Waals surface area contributed by atoms with Gasteiger partial charge in [-0.25, -0.2) is 0 Å². The van der Waals surface area contributed by atoms with Crippen LogP contribution in [0, 0.1) is 0 Å². The molecule has 1 aromatic heterocycles. The molecule has 0 aliphatic rings. The van der Waals surface area contributed by atoms with Gasteiger partial charge in [0.2, 0.25) is 11.8 Å². The predicted molar refractivity (Wildman–Crippen MR) is 62.9 cm³/mol. The molecule has 0 radical (unpaired) electrons. The largest absolute Gasteiger partial charge is 0.382 e. The van der Waals surface area contributed by atoms with Gasteiger partial charge in [-0.05, 0) is 19.9 Å². The first-order valence-corrected chi connectivity index (χ1v) is 5.32. The summed E-state index contributed by atoms with van der Waals surface area (Å²) < 4.78 is 1.41. The number of nitrogens with two attached hydrogens (primary N) is 1. The maximum Gasteiger partial charge on any atom is 0.242 e. The zero-order chi connectivity index (χ0) is 12.8. The zero-order valence-electron chi connectivity index (χ0n) is 9.93. The summed E-state index contributed by atoms with van der Waals surface area (Å²) in [5, 5.41) is 9.02. The van der Waals surface area contributed by atoms with E-state index in [0.717, 1.165) is 0 Å². The van der Waals surface area contributed by atoms with Gasteiger partial charge in [-0.15, -0.1) is 0 Å². The van der Waals surface area contributed by atoms with Crippen LogP contribution in [0.5, 0.6) is 0 Å². The molecule has 17 heavy (non-hydrogen) atoms. The Morgan fingerprint density at radius 3 is 2.71 bits per heavy atom. The van der Waals surface area contributed by atoms with Crippen LogP contribution in [0.1, 0.15) is 13.8 Å². The number of carbonyl (C=O) groups is 2. The van der Waals surface area contributed by atoms with Crippen molar-refractivity contribution in [3.8, 4) is 0 Å². The van der Waals surface area contributed by atoms with Gasteiger partial charge in [0.15, 0.2) is 0 Å². The Balaban J connectivity index is 2.28. The van der Waals surface area contributed by atoms with Crippen molar-refractivity contribution in [3.05, 3.63) is 12.3 Å². The Morgan fingerprint density at radius 1 is 1.47 bits per heavy atom. The fourth-order valence-electron chi connectivity index (χ4n) is 1.22. The Morgan fingerprint density at radius 2 is 2.18 bits per heavy atom. The van der Waals surface area contributed by atoms with Crippen molar-refractivity contribution in [3.63, 3.8) is 0 Å². The van der Waals surface area contributed by atoms with Gasteiger partial charge in [-0.2, -0.15) is 5.10 Å². The third kappa shape index (κ3) is 5.01. The van der Waals surface area contributed by atoms with Crippen molar-refractivity contribution >= 4 is 17.6 Å². The average molecular weight is 239 g/mol. The highest BCUT2D eigenvalue weighted by molar-refractivity contribution is 5.84. The van der Waals surface area contributed by atoms with Crippen molar-refractivity contribution < 1.29 is 9.59 Å². The van der Waals surface area contributed by atoms with Gasteiger partial charge in [-0.3, -0.25) is 14.3 Å². The molecule has 94 valence electrons. The highest BCUT2D eigenvalue weighted by atomic mass is 16.2. The van der Waals surface area contributed by atoms with E-state index in [1.54, 1.807) is 12.3 Å². The molecule has 0 spiro atoms. The van der Waals surface area contributed by atoms with Crippen molar-refractivity contribution in [2.45, 2.75) is 26.4 Å². The second kappa shape index (κ2) is 5.88. The number of nitrogens with zero attached hydrogens (tertiary/aromatic N) is 2. The standard InChI is InChI=1S/C10H17N5O2/c1-7(2)13-9(16)5-12-10(17)6-15-4-3-8(11)14-15/h3-4,7H,5-6H2,1-2H3,(H2,11,14)(H,12,17)(H,13,16). The van der Waals surface area contributed by atoms with Crippen LogP contribution in [0.2, 0.25) is 0 Å². The molecule has 7 heteroatoms. The predicted octanol–water partition coefficient (Wildman–Crippen LogP) is -0.894. The molecule has 4 N–H and O–H groups in total. The number of hydrogen-bond acceptors (Lipinski definition) is 4. The van der Waals surface area contributed by atoms with E-state index in [1.807, 2.05) is 13.8 Å². The van der Waals surface area contributed by atoms with Gasteiger partial charge >= 0.3 is 0 Å². The summed E-state index contributed by atoms with van der Waals surface area (Å²) in [6.45, 7) is 3.72. The molecule has 0 fully saturated rings. The van der Waals surface area contributed by atoms with Crippen LogP contribution >= 0.6 is 0 Å². The number of anilines is 1. The number of nitrogen functional groups attached to an aromatic ring is 1. The number of amides is 2. The smallest absolute Gasteiger partial charge is 0.242 e. The Kier molecular flexibility index (Phi) is 4.50. The first kappa shape index (κ1) is 13.0. The van der Waals surface area contributed by atoms with E-state index in [4.69, 9.17) is 5.73 Å². The third-order valence-corrected chi connectivity index (χ3v) is 1.86. The number of rotatable bonds is 5. The minimum Gasteiger partial charge on any atom is -0.382 e. The Hall–Kier alpha value is -2.05. The summed E-state index contributed by atoms with van der Waals surface area (Å²) in [6.07, 6.45) is 1.60. The summed E-state index contributed by atoms with van der Waals surface area (Å²) in [4.78, 5) is 22.7. The molecule has 7 nitrogen and oxygen atoms in total. The molecule has 0 saturated heterocycles. The molecule has 0 aliphatic carbocycles. The van der Waals surface area contributed by atoms with E-state index in [2.05, 4.69) is 15.7 Å². The van der Waals surface area contributed by atoms with Crippen LogP contribution in [0.15, 0.2) is 12.3 Å². The molecule has 0 atom stereocenters. The summed E-state index contributed by atoms with van der Waals surface area (Å²) in [7, 11) is 0. The highest BCUT2D eigenvalue weighted by Gasteiger charge is 2.07. The highest BCUT2D eigenvalue weighted by Crippen LogP contribution is 1.94. The molecule has 1 aromatic rings. The monoisotopic (exact) mass is 239 g/mol. The second-order valence-electron chi connectivity index (χ2n) is 3.94. The zero-order valence-corrected chi connectivity index (χ0v) is 9.93. The van der Waals surface area contributed by atoms with Gasteiger partial charge in [0.25, 0.3) is 0 Å². The van der Waals surface area contributed by atoms with Crippen molar-refractivity contribution in [2.24, 2.45) is 0 Å². The van der Waals surface area contributed by atoms with Gasteiger partial charge < -0.3 is 16.4 Å². The molecule has 2 amide bonds. The third-order valence-electron chi connectivity index (χ3n) is 1.86. The molecule has 0 aromatic carbocycles. The molecule has 0 saturated carbocycles. The molecule has 0 bridgehead atoms. The van der Waals surface area contributed by atoms with Crippen LogP contribution in [0.3, 0.4) is 0 Å². The molecular formula is C10H17N5O2. The van der Waals surface area contributed by atoms with Gasteiger partial charge in [0.05, 0.1) is 6.54 Å². The molecule has 1 rings (SSSR count). The van der Waals surface area contributed by atoms with Gasteiger partial charge in [0.1, 0.15) is 12.4 Å². The topological polar surface area (TPSA) is 102 Å². The van der Waals surface area contributed by atoms with Gasteiger partial charge in [-0.1, -0.05) is 0 Å². The van der Waals surface area contributed by atoms with Gasteiger partial charge in [0, 0.05) is 12.2 Å². The normalized spacial score (nSPS) is 10.3. The summed E-state index contributed by atoms with van der Waals surface area (Å²) in [5.74, 6) is -0.143. The first-order valence-electron chi connectivity index (χ1n) is 5.32. The summed E-state index contributed by atoms with van der Waals surface area (Å²) >= 11 is 0. The Bertz CT molecular complexity index is 399. The molecule has 1 heterocycles. The fraction of sp³-hybridized carbons (Fsp3) is 0.500. The quantitative estimate of drug-likeness (QED) is 0.620. The van der Waals surface area contributed by atoms with Crippen LogP contribution in [0.25, 0.3) is 0 Å². The van der Waals surface area contributed by atoms with E-state index >= 15 is 0 Å². The molecule has 0 aliphatic heterocycles. The number of aromatic nitrogens is 2. The fourth-order valence-corrected chi connectivity index (χ4v) is 1.22. The lowest BCUT2D eigenvalue weighted by molar-refractivity contribution is -0.126. The minimum atomic E-state index is -0.285.